The second-order valence-corrected chi connectivity index (χ2v) is 27.4. The molecule has 0 bridgehead atoms. The molecule has 0 rings (SSSR count). The molecule has 5 atom stereocenters. The first-order valence-corrected chi connectivity index (χ1v) is 40.7. The molecule has 568 valence electrons. The van der Waals surface area contributed by atoms with Gasteiger partial charge in [0.05, 0.1) is 26.4 Å². The molecule has 0 aromatic rings. The quantitative estimate of drug-likeness (QED) is 0.0169. The molecule has 0 fully saturated rings. The van der Waals surface area contributed by atoms with Crippen LogP contribution < -0.4 is 0 Å². The Labute approximate surface area is 604 Å². The third-order valence-corrected chi connectivity index (χ3v) is 16.9. The highest BCUT2D eigenvalue weighted by atomic mass is 31.2. The molecule has 19 heteroatoms. The minimum Gasteiger partial charge on any atom is -0.462 e. The number of hydrogen-bond acceptors (Lipinski definition) is 15. The summed E-state index contributed by atoms with van der Waals surface area (Å²) in [5, 5.41) is 10.6. The molecule has 100 heavy (non-hydrogen) atoms. The van der Waals surface area contributed by atoms with Crippen LogP contribution in [0.1, 0.15) is 272 Å². The SMILES string of the molecule is CC/C=C\C/C=C\C/C=C\C/C=C\C/C=C\CCCC(=O)OCC(COP(=O)(O)OCC(O)COP(=O)(O)OCC(COC(=O)CCCCCCC/C=C\C/C=C\C/C=C\CC)OC(=O)CCCCCCCCCCCCC)OC(=O)CCC/C=C\C/C=C\C/C=C\C/C=C\C/C=C\CC. The summed E-state index contributed by atoms with van der Waals surface area (Å²) in [4.78, 5) is 72.8. The second kappa shape index (κ2) is 72.0. The minimum atomic E-state index is -5.01. The highest BCUT2D eigenvalue weighted by Crippen LogP contribution is 2.45. The number of unbranched alkanes of at least 4 members (excludes halogenated alkanes) is 17. The molecular formula is C81H132O17P2. The Balaban J connectivity index is 5.47. The fraction of sp³-hybridized carbons (Fsp3) is 0.630. The first-order chi connectivity index (χ1) is 48.7. The van der Waals surface area contributed by atoms with E-state index in [4.69, 9.17) is 37.0 Å². The molecule has 0 radical (unpaired) electrons. The predicted octanol–water partition coefficient (Wildman–Crippen LogP) is 21.7. The smallest absolute Gasteiger partial charge is 0.462 e. The lowest BCUT2D eigenvalue weighted by molar-refractivity contribution is -0.161. The van der Waals surface area contributed by atoms with E-state index >= 15 is 0 Å². The van der Waals surface area contributed by atoms with Gasteiger partial charge in [0.2, 0.25) is 0 Å². The Kier molecular flexibility index (Phi) is 68.2. The van der Waals surface area contributed by atoms with E-state index in [-0.39, 0.29) is 25.7 Å². The predicted molar refractivity (Wildman–Crippen MR) is 408 cm³/mol. The minimum absolute atomic E-state index is 0.00105. The summed E-state index contributed by atoms with van der Waals surface area (Å²) in [6.45, 7) is 4.35. The summed E-state index contributed by atoms with van der Waals surface area (Å²) in [5.41, 5.74) is 0. The zero-order valence-electron chi connectivity index (χ0n) is 61.8. The molecule has 0 aromatic carbocycles. The van der Waals surface area contributed by atoms with Gasteiger partial charge in [0.15, 0.2) is 12.2 Å². The van der Waals surface area contributed by atoms with Crippen molar-refractivity contribution in [2.24, 2.45) is 0 Å². The average Bonchev–Trinajstić information content (AvgIpc) is 1.00. The summed E-state index contributed by atoms with van der Waals surface area (Å²) in [5.74, 6) is -2.34. The number of allylic oxidation sites excluding steroid dienone is 26. The molecule has 0 spiro atoms. The number of esters is 4. The lowest BCUT2D eigenvalue weighted by atomic mass is 10.1. The molecule has 0 aromatic heterocycles. The number of carbonyl (C=O) groups is 4. The van der Waals surface area contributed by atoms with Crippen LogP contribution in [0.15, 0.2) is 158 Å². The van der Waals surface area contributed by atoms with Crippen LogP contribution in [0.3, 0.4) is 0 Å². The standard InChI is InChI=1S/C81H132O17P2/c1-5-9-13-17-21-25-29-32-35-37-40-43-47-50-54-58-62-66-79(84)92-72-77(98-81(86)68-64-60-56-52-48-44-41-38-36-33-30-26-22-18-14-10-6-2)74-96-100(89,90)94-70-75(82)69-93-99(87,88)95-73-76(97-80(85)67-63-59-55-51-45-28-24-20-16-12-8-4)71-91-78(83)65-61-57-53-49-46-42-39-34-31-27-23-19-15-11-7-3/h9-11,13-15,21-23,25-27,32-36,39-41,43-44,50,52,54,56,75-77,82H,5-8,12,16-20,24,28-31,37-38,42,45-49,51,53,55,57-74H2,1-4H3,(H,87,88)(H,89,90)/b13-9-,14-10-,15-11-,25-21-,26-22-,27-23-,35-32-,36-33-,39-34-,43-40-,44-41-,54-50-,56-52-. The van der Waals surface area contributed by atoms with Gasteiger partial charge in [-0.2, -0.15) is 0 Å². The first-order valence-electron chi connectivity index (χ1n) is 37.7. The molecule has 0 heterocycles. The number of aliphatic hydroxyl groups excluding tert-OH is 1. The molecule has 0 aliphatic carbocycles. The van der Waals surface area contributed by atoms with E-state index in [2.05, 4.69) is 161 Å². The van der Waals surface area contributed by atoms with Gasteiger partial charge in [-0.1, -0.05) is 269 Å². The van der Waals surface area contributed by atoms with Gasteiger partial charge in [-0.05, 0) is 135 Å². The van der Waals surface area contributed by atoms with Crippen LogP contribution >= 0.6 is 15.6 Å². The first kappa shape index (κ1) is 94.7. The number of hydrogen-bond donors (Lipinski definition) is 3. The van der Waals surface area contributed by atoms with Crippen LogP contribution in [0.4, 0.5) is 0 Å². The van der Waals surface area contributed by atoms with E-state index in [1.807, 2.05) is 24.3 Å². The normalized spacial score (nSPS) is 14.8. The van der Waals surface area contributed by atoms with Gasteiger partial charge in [-0.15, -0.1) is 0 Å². The molecule has 0 saturated carbocycles. The maximum Gasteiger partial charge on any atom is 0.472 e. The van der Waals surface area contributed by atoms with Gasteiger partial charge in [0.25, 0.3) is 0 Å². The topological polar surface area (TPSA) is 237 Å². The highest BCUT2D eigenvalue weighted by Gasteiger charge is 2.30. The maximum atomic E-state index is 13.1. The van der Waals surface area contributed by atoms with Crippen molar-refractivity contribution < 1.29 is 80.2 Å². The summed E-state index contributed by atoms with van der Waals surface area (Å²) in [7, 11) is -10.00. The average molecular weight is 1440 g/mol. The molecule has 17 nitrogen and oxygen atoms in total. The van der Waals surface area contributed by atoms with Crippen molar-refractivity contribution in [2.45, 2.75) is 290 Å². The van der Waals surface area contributed by atoms with E-state index in [0.717, 1.165) is 141 Å². The number of aliphatic hydroxyl groups is 1. The fourth-order valence-corrected chi connectivity index (χ4v) is 10.9. The summed E-state index contributed by atoms with van der Waals surface area (Å²) in [6.07, 6.45) is 82.6. The molecule has 5 unspecified atom stereocenters. The lowest BCUT2D eigenvalue weighted by Gasteiger charge is -2.21. The molecule has 3 N–H and O–H groups in total. The van der Waals surface area contributed by atoms with Crippen molar-refractivity contribution in [1.29, 1.82) is 0 Å². The van der Waals surface area contributed by atoms with Gasteiger partial charge < -0.3 is 33.8 Å². The van der Waals surface area contributed by atoms with E-state index in [1.165, 1.54) is 38.5 Å². The Morgan fingerprint density at radius 3 is 0.850 bits per heavy atom. The third kappa shape index (κ3) is 71.1. The van der Waals surface area contributed by atoms with Crippen LogP contribution in [-0.2, 0) is 65.4 Å². The summed E-state index contributed by atoms with van der Waals surface area (Å²) < 4.78 is 68.3. The number of phosphoric ester groups is 2. The van der Waals surface area contributed by atoms with E-state index in [0.29, 0.717) is 38.5 Å². The molecule has 0 amide bonds. The van der Waals surface area contributed by atoms with Gasteiger partial charge in [-0.25, -0.2) is 9.13 Å². The zero-order valence-corrected chi connectivity index (χ0v) is 63.6. The van der Waals surface area contributed by atoms with Crippen molar-refractivity contribution in [3.05, 3.63) is 158 Å². The van der Waals surface area contributed by atoms with Crippen molar-refractivity contribution >= 4 is 39.5 Å². The molecule has 0 aliphatic rings. The summed E-state index contributed by atoms with van der Waals surface area (Å²) >= 11 is 0. The van der Waals surface area contributed by atoms with Crippen LogP contribution in [0.5, 0.6) is 0 Å². The lowest BCUT2D eigenvalue weighted by Crippen LogP contribution is -2.30. The number of phosphoric acid groups is 2. The Morgan fingerprint density at radius 1 is 0.290 bits per heavy atom. The van der Waals surface area contributed by atoms with Crippen molar-refractivity contribution in [3.63, 3.8) is 0 Å². The second-order valence-electron chi connectivity index (χ2n) is 24.5. The van der Waals surface area contributed by atoms with Gasteiger partial charge in [0, 0.05) is 25.7 Å². The van der Waals surface area contributed by atoms with Crippen LogP contribution in [0.2, 0.25) is 0 Å². The monoisotopic (exact) mass is 1440 g/mol. The third-order valence-electron chi connectivity index (χ3n) is 15.0. The van der Waals surface area contributed by atoms with Crippen molar-refractivity contribution in [2.75, 3.05) is 39.6 Å². The fourth-order valence-electron chi connectivity index (χ4n) is 9.36. The van der Waals surface area contributed by atoms with Crippen LogP contribution in [-0.4, -0.2) is 96.7 Å². The van der Waals surface area contributed by atoms with Gasteiger partial charge in [0.1, 0.15) is 19.3 Å². The van der Waals surface area contributed by atoms with E-state index in [1.54, 1.807) is 0 Å². The number of carbonyl (C=O) groups excluding carboxylic acids is 4. The van der Waals surface area contributed by atoms with E-state index in [9.17, 15) is 43.2 Å². The van der Waals surface area contributed by atoms with E-state index < -0.39 is 97.5 Å². The zero-order chi connectivity index (χ0) is 73.2. The number of ether oxygens (including phenoxy) is 4. The van der Waals surface area contributed by atoms with Gasteiger partial charge >= 0.3 is 39.5 Å². The maximum absolute atomic E-state index is 13.1. The number of rotatable bonds is 69. The largest absolute Gasteiger partial charge is 0.472 e. The van der Waals surface area contributed by atoms with Crippen LogP contribution in [0.25, 0.3) is 0 Å². The molecular weight excluding hydrogens is 1310 g/mol. The van der Waals surface area contributed by atoms with Crippen molar-refractivity contribution in [3.8, 4) is 0 Å². The highest BCUT2D eigenvalue weighted by molar-refractivity contribution is 7.47. The Morgan fingerprint density at radius 2 is 0.530 bits per heavy atom. The summed E-state index contributed by atoms with van der Waals surface area (Å²) in [6, 6.07) is 0. The molecule has 0 aliphatic heterocycles. The Hall–Kier alpha value is -5.32. The molecule has 0 saturated heterocycles. The van der Waals surface area contributed by atoms with Crippen molar-refractivity contribution in [1.82, 2.24) is 0 Å². The van der Waals surface area contributed by atoms with Gasteiger partial charge in [-0.3, -0.25) is 37.3 Å². The van der Waals surface area contributed by atoms with Crippen LogP contribution in [0, 0.1) is 0 Å². The Bertz CT molecular complexity index is 2520.